The minimum absolute atomic E-state index is 0.159. The molecule has 7 heteroatoms. The van der Waals surface area contributed by atoms with Gasteiger partial charge in [0.2, 0.25) is 5.91 Å². The quantitative estimate of drug-likeness (QED) is 0.716. The average Bonchev–Trinajstić information content (AvgIpc) is 2.69. The molecule has 1 amide bonds. The largest absolute Gasteiger partial charge is 0.508 e. The number of carbonyl (C=O) groups is 1. The molecule has 0 spiro atoms. The molecule has 1 saturated heterocycles. The highest BCUT2D eigenvalue weighted by Crippen LogP contribution is 2.27. The van der Waals surface area contributed by atoms with Gasteiger partial charge in [0.15, 0.2) is 0 Å². The van der Waals surface area contributed by atoms with Crippen molar-refractivity contribution in [1.82, 2.24) is 14.7 Å². The number of rotatable bonds is 7. The summed E-state index contributed by atoms with van der Waals surface area (Å²) < 4.78 is 5.29. The SMILES string of the molecule is CCc1cc2c(CN3CCN(CC(=O)N(CC)CC)CC3)cc(=O)oc2cc1O. The smallest absolute Gasteiger partial charge is 0.336 e. The average molecular weight is 402 g/mol. The molecule has 29 heavy (non-hydrogen) atoms. The van der Waals surface area contributed by atoms with Gasteiger partial charge in [-0.1, -0.05) is 6.92 Å². The molecule has 0 bridgehead atoms. The molecular formula is C22H31N3O4. The minimum Gasteiger partial charge on any atom is -0.508 e. The molecule has 2 aromatic rings. The van der Waals surface area contributed by atoms with Gasteiger partial charge in [-0.25, -0.2) is 4.79 Å². The molecule has 1 fully saturated rings. The second-order valence-electron chi connectivity index (χ2n) is 7.54. The van der Waals surface area contributed by atoms with E-state index in [1.165, 1.54) is 6.07 Å². The van der Waals surface area contributed by atoms with Gasteiger partial charge < -0.3 is 14.4 Å². The molecule has 1 N–H and O–H groups in total. The number of likely N-dealkylation sites (N-methyl/N-ethyl adjacent to an activating group) is 1. The van der Waals surface area contributed by atoms with Crippen LogP contribution in [0.25, 0.3) is 11.0 Å². The Morgan fingerprint density at radius 2 is 1.69 bits per heavy atom. The number of hydrogen-bond donors (Lipinski definition) is 1. The third-order valence-corrected chi connectivity index (χ3v) is 5.74. The predicted molar refractivity (Wildman–Crippen MR) is 113 cm³/mol. The number of hydrogen-bond acceptors (Lipinski definition) is 6. The van der Waals surface area contributed by atoms with Crippen LogP contribution in [0.5, 0.6) is 5.75 Å². The van der Waals surface area contributed by atoms with Crippen LogP contribution < -0.4 is 5.63 Å². The standard InChI is InChI=1S/C22H31N3O4/c1-4-16-11-18-17(12-22(28)29-20(18)13-19(16)26)14-23-7-9-24(10-8-23)15-21(27)25(5-2)6-3/h11-13,26H,4-10,14-15H2,1-3H3. The van der Waals surface area contributed by atoms with E-state index in [-0.39, 0.29) is 11.7 Å². The van der Waals surface area contributed by atoms with Crippen molar-refractivity contribution in [1.29, 1.82) is 0 Å². The minimum atomic E-state index is -0.403. The highest BCUT2D eigenvalue weighted by atomic mass is 16.4. The van der Waals surface area contributed by atoms with Crippen LogP contribution in [0.4, 0.5) is 0 Å². The van der Waals surface area contributed by atoms with E-state index in [9.17, 15) is 14.7 Å². The third-order valence-electron chi connectivity index (χ3n) is 5.74. The van der Waals surface area contributed by atoms with Crippen LogP contribution in [-0.2, 0) is 17.8 Å². The maximum atomic E-state index is 12.3. The second kappa shape index (κ2) is 9.41. The van der Waals surface area contributed by atoms with Crippen molar-refractivity contribution < 1.29 is 14.3 Å². The fraction of sp³-hybridized carbons (Fsp3) is 0.545. The normalized spacial score (nSPS) is 15.7. The monoisotopic (exact) mass is 401 g/mol. The fourth-order valence-electron chi connectivity index (χ4n) is 3.94. The summed E-state index contributed by atoms with van der Waals surface area (Å²) in [7, 11) is 0. The zero-order chi connectivity index (χ0) is 21.0. The van der Waals surface area contributed by atoms with E-state index in [4.69, 9.17) is 4.42 Å². The first-order valence-corrected chi connectivity index (χ1v) is 10.5. The number of phenolic OH excluding ortho intramolecular Hbond substituents is 1. The molecule has 0 saturated carbocycles. The summed E-state index contributed by atoms with van der Waals surface area (Å²) >= 11 is 0. The zero-order valence-electron chi connectivity index (χ0n) is 17.6. The van der Waals surface area contributed by atoms with Crippen LogP contribution in [0.2, 0.25) is 0 Å². The molecule has 158 valence electrons. The van der Waals surface area contributed by atoms with Crippen molar-refractivity contribution in [3.63, 3.8) is 0 Å². The highest BCUT2D eigenvalue weighted by molar-refractivity contribution is 5.82. The van der Waals surface area contributed by atoms with Crippen molar-refractivity contribution in [3.05, 3.63) is 39.7 Å². The first-order chi connectivity index (χ1) is 13.9. The van der Waals surface area contributed by atoms with Crippen molar-refractivity contribution >= 4 is 16.9 Å². The van der Waals surface area contributed by atoms with Gasteiger partial charge in [0.1, 0.15) is 11.3 Å². The van der Waals surface area contributed by atoms with Crippen LogP contribution in [-0.4, -0.2) is 71.5 Å². The second-order valence-corrected chi connectivity index (χ2v) is 7.54. The van der Waals surface area contributed by atoms with Gasteiger partial charge in [0.25, 0.3) is 0 Å². The molecule has 2 heterocycles. The van der Waals surface area contributed by atoms with E-state index in [1.807, 2.05) is 31.7 Å². The number of fused-ring (bicyclic) bond motifs is 1. The van der Waals surface area contributed by atoms with E-state index >= 15 is 0 Å². The molecule has 1 aromatic carbocycles. The lowest BCUT2D eigenvalue weighted by molar-refractivity contribution is -0.132. The summed E-state index contributed by atoms with van der Waals surface area (Å²) in [6, 6.07) is 5.01. The Hall–Kier alpha value is -2.38. The summed E-state index contributed by atoms with van der Waals surface area (Å²) in [5.74, 6) is 0.341. The van der Waals surface area contributed by atoms with Crippen molar-refractivity contribution in [2.45, 2.75) is 33.7 Å². The van der Waals surface area contributed by atoms with E-state index in [2.05, 4.69) is 9.80 Å². The fourth-order valence-corrected chi connectivity index (χ4v) is 3.94. The summed E-state index contributed by atoms with van der Waals surface area (Å²) in [6.45, 7) is 11.9. The van der Waals surface area contributed by atoms with Crippen LogP contribution in [0, 0.1) is 0 Å². The highest BCUT2D eigenvalue weighted by Gasteiger charge is 2.22. The van der Waals surface area contributed by atoms with Crippen LogP contribution in [0.1, 0.15) is 31.9 Å². The first kappa shape index (κ1) is 21.3. The number of aryl methyl sites for hydroxylation is 1. The van der Waals surface area contributed by atoms with Crippen LogP contribution in [0.3, 0.4) is 0 Å². The van der Waals surface area contributed by atoms with Gasteiger partial charge >= 0.3 is 5.63 Å². The molecule has 0 atom stereocenters. The molecule has 0 radical (unpaired) electrons. The number of phenols is 1. The van der Waals surface area contributed by atoms with Gasteiger partial charge in [0.05, 0.1) is 6.54 Å². The first-order valence-electron chi connectivity index (χ1n) is 10.5. The summed E-state index contributed by atoms with van der Waals surface area (Å²) in [5.41, 5.74) is 1.77. The van der Waals surface area contributed by atoms with Gasteiger partial charge in [-0.15, -0.1) is 0 Å². The Morgan fingerprint density at radius 3 is 2.31 bits per heavy atom. The number of carbonyl (C=O) groups excluding carboxylic acids is 1. The molecule has 0 aliphatic carbocycles. The zero-order valence-corrected chi connectivity index (χ0v) is 17.6. The van der Waals surface area contributed by atoms with Crippen LogP contribution in [0.15, 0.2) is 27.4 Å². The Labute approximate surface area is 171 Å². The maximum Gasteiger partial charge on any atom is 0.336 e. The van der Waals surface area contributed by atoms with Crippen LogP contribution >= 0.6 is 0 Å². The number of nitrogens with zero attached hydrogens (tertiary/aromatic N) is 3. The van der Waals surface area contributed by atoms with Crippen molar-refractivity contribution in [2.24, 2.45) is 0 Å². The lowest BCUT2D eigenvalue weighted by Crippen LogP contribution is -2.49. The number of aromatic hydroxyl groups is 1. The van der Waals surface area contributed by atoms with Gasteiger partial charge in [-0.2, -0.15) is 0 Å². The number of piperazine rings is 1. The lowest BCUT2D eigenvalue weighted by Gasteiger charge is -2.35. The third kappa shape index (κ3) is 4.97. The van der Waals surface area contributed by atoms with Gasteiger partial charge in [-0.3, -0.25) is 14.6 Å². The Balaban J connectivity index is 1.68. The maximum absolute atomic E-state index is 12.3. The van der Waals surface area contributed by atoms with Crippen molar-refractivity contribution in [2.75, 3.05) is 45.8 Å². The van der Waals surface area contributed by atoms with Gasteiger partial charge in [0, 0.05) is 63.3 Å². The topological polar surface area (TPSA) is 77.2 Å². The van der Waals surface area contributed by atoms with E-state index in [0.29, 0.717) is 25.1 Å². The molecule has 1 aliphatic rings. The van der Waals surface area contributed by atoms with Crippen molar-refractivity contribution in [3.8, 4) is 5.75 Å². The molecule has 1 aliphatic heterocycles. The molecule has 0 unspecified atom stereocenters. The summed E-state index contributed by atoms with van der Waals surface area (Å²) in [4.78, 5) is 30.7. The predicted octanol–water partition coefficient (Wildman–Crippen LogP) is 2.05. The number of benzene rings is 1. The molecule has 1 aromatic heterocycles. The Bertz CT molecular complexity index is 912. The van der Waals surface area contributed by atoms with Gasteiger partial charge in [-0.05, 0) is 37.5 Å². The molecule has 3 rings (SSSR count). The summed E-state index contributed by atoms with van der Waals surface area (Å²) in [6.07, 6.45) is 0.708. The van der Waals surface area contributed by atoms with E-state index < -0.39 is 5.63 Å². The van der Waals surface area contributed by atoms with E-state index in [1.54, 1.807) is 6.07 Å². The molecule has 7 nitrogen and oxygen atoms in total. The summed E-state index contributed by atoms with van der Waals surface area (Å²) in [5, 5.41) is 11.0. The van der Waals surface area contributed by atoms with E-state index in [0.717, 1.165) is 55.8 Å². The molecular weight excluding hydrogens is 370 g/mol. The number of amides is 1. The lowest BCUT2D eigenvalue weighted by atomic mass is 10.0. The Kier molecular flexibility index (Phi) is 6.92. The Morgan fingerprint density at radius 1 is 1.03 bits per heavy atom.